The molecular weight excluding hydrogens is 242 g/mol. The molecule has 1 unspecified atom stereocenters. The van der Waals surface area contributed by atoms with Crippen LogP contribution in [0.5, 0.6) is 0 Å². The molecule has 1 nitrogen and oxygen atoms in total. The van der Waals surface area contributed by atoms with Gasteiger partial charge >= 0.3 is 0 Å². The van der Waals surface area contributed by atoms with Gasteiger partial charge < -0.3 is 5.32 Å². The highest BCUT2D eigenvalue weighted by atomic mass is 14.9. The summed E-state index contributed by atoms with van der Waals surface area (Å²) < 4.78 is 0. The lowest BCUT2D eigenvalue weighted by atomic mass is 10.0. The molecule has 0 aromatic heterocycles. The van der Waals surface area contributed by atoms with Crippen LogP contribution in [0.4, 0.5) is 5.69 Å². The number of allylic oxidation sites excluding steroid dienone is 1. The van der Waals surface area contributed by atoms with Crippen LogP contribution in [-0.2, 0) is 0 Å². The fourth-order valence-corrected chi connectivity index (χ4v) is 3.06. The van der Waals surface area contributed by atoms with Crippen molar-refractivity contribution in [3.63, 3.8) is 0 Å². The summed E-state index contributed by atoms with van der Waals surface area (Å²) in [4.78, 5) is 0. The van der Waals surface area contributed by atoms with E-state index in [1.165, 1.54) is 34.4 Å². The number of anilines is 1. The molecule has 0 radical (unpaired) electrons. The van der Waals surface area contributed by atoms with Crippen molar-refractivity contribution in [2.75, 3.05) is 5.32 Å². The second-order valence-corrected chi connectivity index (χ2v) is 5.68. The monoisotopic (exact) mass is 263 g/mol. The van der Waals surface area contributed by atoms with E-state index in [4.69, 9.17) is 0 Å². The molecule has 0 amide bonds. The van der Waals surface area contributed by atoms with Gasteiger partial charge in [0.25, 0.3) is 0 Å². The quantitative estimate of drug-likeness (QED) is 0.825. The van der Waals surface area contributed by atoms with Crippen LogP contribution in [0, 0.1) is 13.8 Å². The number of aryl methyl sites for hydroxylation is 2. The Hall–Kier alpha value is -2.02. The molecule has 0 saturated heterocycles. The summed E-state index contributed by atoms with van der Waals surface area (Å²) in [5.74, 6) is 0. The first kappa shape index (κ1) is 13.0. The fraction of sp³-hybridized carbons (Fsp3) is 0.263. The van der Waals surface area contributed by atoms with Crippen LogP contribution < -0.4 is 5.32 Å². The van der Waals surface area contributed by atoms with Crippen molar-refractivity contribution < 1.29 is 0 Å². The van der Waals surface area contributed by atoms with Crippen molar-refractivity contribution in [1.82, 2.24) is 0 Å². The maximum atomic E-state index is 3.70. The summed E-state index contributed by atoms with van der Waals surface area (Å²) in [7, 11) is 0. The third-order valence-corrected chi connectivity index (χ3v) is 3.86. The molecule has 1 aliphatic carbocycles. The Kier molecular flexibility index (Phi) is 3.60. The zero-order chi connectivity index (χ0) is 13.9. The number of nitrogens with one attached hydrogen (secondary N) is 1. The number of benzene rings is 2. The van der Waals surface area contributed by atoms with Gasteiger partial charge in [-0.05, 0) is 61.1 Å². The van der Waals surface area contributed by atoms with Gasteiger partial charge in [-0.3, -0.25) is 0 Å². The van der Waals surface area contributed by atoms with Gasteiger partial charge in [-0.1, -0.05) is 42.5 Å². The highest BCUT2D eigenvalue weighted by Gasteiger charge is 2.20. The molecule has 20 heavy (non-hydrogen) atoms. The first-order valence-electron chi connectivity index (χ1n) is 7.33. The summed E-state index contributed by atoms with van der Waals surface area (Å²) in [5.41, 5.74) is 6.64. The van der Waals surface area contributed by atoms with Crippen molar-refractivity contribution >= 4 is 11.3 Å². The minimum Gasteiger partial charge on any atom is -0.378 e. The molecule has 3 rings (SSSR count). The average molecular weight is 263 g/mol. The standard InChI is InChI=1S/C19H21N/c1-14-11-15(2)13-17(12-14)20-19-10-6-9-18(19)16-7-4-3-5-8-16/h3-5,7-9,11-13,19-20H,6,10H2,1-2H3. The minimum atomic E-state index is 0.429. The van der Waals surface area contributed by atoms with Crippen molar-refractivity contribution in [3.8, 4) is 0 Å². The number of hydrogen-bond acceptors (Lipinski definition) is 1. The smallest absolute Gasteiger partial charge is 0.0519 e. The number of rotatable bonds is 3. The molecule has 0 aliphatic heterocycles. The van der Waals surface area contributed by atoms with Gasteiger partial charge in [-0.25, -0.2) is 0 Å². The van der Waals surface area contributed by atoms with Crippen LogP contribution >= 0.6 is 0 Å². The lowest BCUT2D eigenvalue weighted by molar-refractivity contribution is 0.835. The molecule has 0 heterocycles. The maximum Gasteiger partial charge on any atom is 0.0519 e. The molecule has 2 aromatic rings. The second kappa shape index (κ2) is 5.54. The van der Waals surface area contributed by atoms with Crippen LogP contribution in [-0.4, -0.2) is 6.04 Å². The lowest BCUT2D eigenvalue weighted by Gasteiger charge is -2.19. The molecule has 0 saturated carbocycles. The Balaban J connectivity index is 1.82. The Morgan fingerprint density at radius 2 is 1.65 bits per heavy atom. The molecule has 102 valence electrons. The van der Waals surface area contributed by atoms with Gasteiger partial charge in [-0.15, -0.1) is 0 Å². The lowest BCUT2D eigenvalue weighted by Crippen LogP contribution is -2.18. The molecule has 1 atom stereocenters. The van der Waals surface area contributed by atoms with E-state index in [1.807, 2.05) is 0 Å². The van der Waals surface area contributed by atoms with Crippen LogP contribution in [0.2, 0.25) is 0 Å². The predicted molar refractivity (Wildman–Crippen MR) is 87.0 cm³/mol. The largest absolute Gasteiger partial charge is 0.378 e. The summed E-state index contributed by atoms with van der Waals surface area (Å²) in [6.45, 7) is 4.31. The van der Waals surface area contributed by atoms with E-state index in [0.29, 0.717) is 6.04 Å². The molecule has 2 aromatic carbocycles. The third kappa shape index (κ3) is 2.77. The first-order chi connectivity index (χ1) is 9.72. The van der Waals surface area contributed by atoms with E-state index in [9.17, 15) is 0 Å². The van der Waals surface area contributed by atoms with E-state index in [2.05, 4.69) is 73.8 Å². The van der Waals surface area contributed by atoms with E-state index in [-0.39, 0.29) is 0 Å². The SMILES string of the molecule is Cc1cc(C)cc(NC2CCC=C2c2ccccc2)c1. The van der Waals surface area contributed by atoms with Crippen molar-refractivity contribution in [1.29, 1.82) is 0 Å². The predicted octanol–water partition coefficient (Wildman–Crippen LogP) is 4.96. The first-order valence-corrected chi connectivity index (χ1v) is 7.33. The van der Waals surface area contributed by atoms with E-state index >= 15 is 0 Å². The normalized spacial score (nSPS) is 17.9. The third-order valence-electron chi connectivity index (χ3n) is 3.86. The summed E-state index contributed by atoms with van der Waals surface area (Å²) in [6, 6.07) is 17.8. The topological polar surface area (TPSA) is 12.0 Å². The molecule has 0 fully saturated rings. The highest BCUT2D eigenvalue weighted by molar-refractivity contribution is 5.74. The van der Waals surface area contributed by atoms with Crippen LogP contribution in [0.1, 0.15) is 29.5 Å². The molecule has 0 spiro atoms. The molecule has 0 bridgehead atoms. The molecule has 1 aliphatic rings. The van der Waals surface area contributed by atoms with Crippen molar-refractivity contribution in [3.05, 3.63) is 71.3 Å². The van der Waals surface area contributed by atoms with Gasteiger partial charge in [0.2, 0.25) is 0 Å². The Labute approximate surface area is 121 Å². The molecule has 1 N–H and O–H groups in total. The Morgan fingerprint density at radius 1 is 0.950 bits per heavy atom. The van der Waals surface area contributed by atoms with Gasteiger partial charge in [0.1, 0.15) is 0 Å². The molecular formula is C19H21N. The second-order valence-electron chi connectivity index (χ2n) is 5.68. The van der Waals surface area contributed by atoms with Crippen molar-refractivity contribution in [2.24, 2.45) is 0 Å². The van der Waals surface area contributed by atoms with E-state index < -0.39 is 0 Å². The maximum absolute atomic E-state index is 3.70. The zero-order valence-corrected chi connectivity index (χ0v) is 12.2. The van der Waals surface area contributed by atoms with Gasteiger partial charge in [0, 0.05) is 5.69 Å². The Bertz CT molecular complexity index is 605. The average Bonchev–Trinajstić information content (AvgIpc) is 2.86. The van der Waals surface area contributed by atoms with Gasteiger partial charge in [0.05, 0.1) is 6.04 Å². The highest BCUT2D eigenvalue weighted by Crippen LogP contribution is 2.31. The van der Waals surface area contributed by atoms with E-state index in [0.717, 1.165) is 6.42 Å². The fourth-order valence-electron chi connectivity index (χ4n) is 3.06. The zero-order valence-electron chi connectivity index (χ0n) is 12.2. The van der Waals surface area contributed by atoms with E-state index in [1.54, 1.807) is 0 Å². The van der Waals surface area contributed by atoms with Crippen LogP contribution in [0.25, 0.3) is 5.57 Å². The van der Waals surface area contributed by atoms with Crippen molar-refractivity contribution in [2.45, 2.75) is 32.7 Å². The van der Waals surface area contributed by atoms with Gasteiger partial charge in [0.15, 0.2) is 0 Å². The van der Waals surface area contributed by atoms with Crippen LogP contribution in [0.3, 0.4) is 0 Å². The summed E-state index contributed by atoms with van der Waals surface area (Å²) in [5, 5.41) is 3.70. The number of hydrogen-bond donors (Lipinski definition) is 1. The van der Waals surface area contributed by atoms with Gasteiger partial charge in [-0.2, -0.15) is 0 Å². The minimum absolute atomic E-state index is 0.429. The van der Waals surface area contributed by atoms with Crippen LogP contribution in [0.15, 0.2) is 54.6 Å². The summed E-state index contributed by atoms with van der Waals surface area (Å²) in [6.07, 6.45) is 4.71. The molecule has 1 heteroatoms. The summed E-state index contributed by atoms with van der Waals surface area (Å²) >= 11 is 0. The Morgan fingerprint density at radius 3 is 2.35 bits per heavy atom.